The molecule has 17 heavy (non-hydrogen) atoms. The third-order valence-electron chi connectivity index (χ3n) is 2.34. The molecule has 0 aliphatic carbocycles. The van der Waals surface area contributed by atoms with Gasteiger partial charge in [-0.15, -0.1) is 0 Å². The topological polar surface area (TPSA) is 113 Å². The van der Waals surface area contributed by atoms with E-state index in [1.165, 1.54) is 6.20 Å². The van der Waals surface area contributed by atoms with E-state index in [0.717, 1.165) is 4.90 Å². The standard InChI is InChI=1S/C9H13IN2O5/c10-5(9(11)16)2-12(4-14)8-1-6(15)7(3-13)17-8/h2,4,6-8,13,15H,1,3H2,(H2,11,16)/b5-2+/t6?,7-,8-/m1/s1. The molecule has 0 radical (unpaired) electrons. The number of aliphatic hydroxyl groups excluding tert-OH is 2. The molecule has 8 heteroatoms. The smallest absolute Gasteiger partial charge is 0.256 e. The Morgan fingerprint density at radius 2 is 2.29 bits per heavy atom. The number of halogens is 1. The minimum absolute atomic E-state index is 0.167. The van der Waals surface area contributed by atoms with Gasteiger partial charge in [-0.1, -0.05) is 0 Å². The molecule has 0 aromatic carbocycles. The van der Waals surface area contributed by atoms with Gasteiger partial charge in [-0.3, -0.25) is 14.5 Å². The van der Waals surface area contributed by atoms with Crippen LogP contribution in [-0.4, -0.2) is 52.5 Å². The Bertz CT molecular complexity index is 335. The van der Waals surface area contributed by atoms with Crippen molar-refractivity contribution in [3.63, 3.8) is 0 Å². The van der Waals surface area contributed by atoms with Crippen molar-refractivity contribution in [1.82, 2.24) is 4.90 Å². The highest BCUT2D eigenvalue weighted by Gasteiger charge is 2.36. The summed E-state index contributed by atoms with van der Waals surface area (Å²) in [4.78, 5) is 22.8. The van der Waals surface area contributed by atoms with Gasteiger partial charge in [0.15, 0.2) is 0 Å². The van der Waals surface area contributed by atoms with Gasteiger partial charge in [-0.25, -0.2) is 0 Å². The molecule has 7 nitrogen and oxygen atoms in total. The van der Waals surface area contributed by atoms with Crippen LogP contribution in [0.3, 0.4) is 0 Å². The normalized spacial score (nSPS) is 29.1. The summed E-state index contributed by atoms with van der Waals surface area (Å²) in [5.41, 5.74) is 5.03. The number of ether oxygens (including phenoxy) is 1. The summed E-state index contributed by atoms with van der Waals surface area (Å²) in [5, 5.41) is 18.4. The fourth-order valence-electron chi connectivity index (χ4n) is 1.44. The maximum Gasteiger partial charge on any atom is 0.256 e. The molecule has 0 aromatic rings. The third-order valence-corrected chi connectivity index (χ3v) is 3.15. The molecule has 0 spiro atoms. The minimum Gasteiger partial charge on any atom is -0.394 e. The maximum absolute atomic E-state index is 10.9. The lowest BCUT2D eigenvalue weighted by atomic mass is 10.2. The van der Waals surface area contributed by atoms with Gasteiger partial charge < -0.3 is 20.7 Å². The SMILES string of the molecule is NC(=O)/C(I)=C\N(C=O)[C@H]1CC(O)[C@@H](CO)O1. The number of nitrogens with zero attached hydrogens (tertiary/aromatic N) is 1. The molecule has 1 aliphatic heterocycles. The van der Waals surface area contributed by atoms with E-state index in [1.807, 2.05) is 0 Å². The Morgan fingerprint density at radius 3 is 2.71 bits per heavy atom. The van der Waals surface area contributed by atoms with Crippen LogP contribution in [0.5, 0.6) is 0 Å². The molecule has 3 atom stereocenters. The number of carbonyl (C=O) groups excluding carboxylic acids is 2. The van der Waals surface area contributed by atoms with Crippen LogP contribution in [0.4, 0.5) is 0 Å². The van der Waals surface area contributed by atoms with E-state index in [9.17, 15) is 14.7 Å². The maximum atomic E-state index is 10.9. The number of hydrogen-bond donors (Lipinski definition) is 3. The second kappa shape index (κ2) is 6.28. The Kier molecular flexibility index (Phi) is 5.31. The van der Waals surface area contributed by atoms with Crippen LogP contribution in [0.25, 0.3) is 0 Å². The van der Waals surface area contributed by atoms with Crippen LogP contribution in [0.1, 0.15) is 6.42 Å². The predicted molar refractivity (Wildman–Crippen MR) is 65.6 cm³/mol. The molecule has 2 amide bonds. The van der Waals surface area contributed by atoms with Crippen molar-refractivity contribution in [3.05, 3.63) is 9.78 Å². The number of rotatable bonds is 5. The van der Waals surface area contributed by atoms with E-state index in [0.29, 0.717) is 6.41 Å². The molecule has 0 aromatic heterocycles. The molecular formula is C9H13IN2O5. The summed E-state index contributed by atoms with van der Waals surface area (Å²) in [5.74, 6) is -0.658. The third kappa shape index (κ3) is 3.63. The minimum atomic E-state index is -0.841. The summed E-state index contributed by atoms with van der Waals surface area (Å²) in [7, 11) is 0. The second-order valence-corrected chi connectivity index (χ2v) is 4.67. The lowest BCUT2D eigenvalue weighted by Gasteiger charge is -2.20. The molecule has 1 aliphatic rings. The molecule has 4 N–H and O–H groups in total. The zero-order valence-electron chi connectivity index (χ0n) is 8.82. The number of aliphatic hydroxyl groups is 2. The van der Waals surface area contributed by atoms with Crippen LogP contribution >= 0.6 is 22.6 Å². The first kappa shape index (κ1) is 14.4. The average molecular weight is 356 g/mol. The number of amides is 2. The molecular weight excluding hydrogens is 343 g/mol. The van der Waals surface area contributed by atoms with Crippen molar-refractivity contribution in [2.45, 2.75) is 24.9 Å². The first-order chi connectivity index (χ1) is 7.99. The van der Waals surface area contributed by atoms with Crippen molar-refractivity contribution in [1.29, 1.82) is 0 Å². The monoisotopic (exact) mass is 356 g/mol. The zero-order valence-corrected chi connectivity index (χ0v) is 11.0. The summed E-state index contributed by atoms with van der Waals surface area (Å²) in [6.07, 6.45) is -0.382. The highest BCUT2D eigenvalue weighted by atomic mass is 127. The summed E-state index contributed by atoms with van der Waals surface area (Å²) >= 11 is 1.69. The number of primary amides is 1. The van der Waals surface area contributed by atoms with Gasteiger partial charge in [-0.05, 0) is 22.6 Å². The number of nitrogens with two attached hydrogens (primary N) is 1. The van der Waals surface area contributed by atoms with Crippen molar-refractivity contribution in [3.8, 4) is 0 Å². The van der Waals surface area contributed by atoms with Gasteiger partial charge in [0, 0.05) is 12.6 Å². The van der Waals surface area contributed by atoms with Gasteiger partial charge in [0.1, 0.15) is 12.3 Å². The highest BCUT2D eigenvalue weighted by molar-refractivity contribution is 14.1. The molecule has 0 bridgehead atoms. The lowest BCUT2D eigenvalue weighted by molar-refractivity contribution is -0.128. The lowest BCUT2D eigenvalue weighted by Crippen LogP contribution is -2.31. The second-order valence-electron chi connectivity index (χ2n) is 3.51. The fraction of sp³-hybridized carbons (Fsp3) is 0.556. The Hall–Kier alpha value is -0.710. The van der Waals surface area contributed by atoms with Crippen LogP contribution in [0.15, 0.2) is 9.78 Å². The van der Waals surface area contributed by atoms with Crippen molar-refractivity contribution >= 4 is 34.9 Å². The van der Waals surface area contributed by atoms with Crippen molar-refractivity contribution in [2.75, 3.05) is 6.61 Å². The zero-order chi connectivity index (χ0) is 13.0. The van der Waals surface area contributed by atoms with E-state index < -0.39 is 24.3 Å². The molecule has 0 saturated carbocycles. The molecule has 1 saturated heterocycles. The molecule has 1 fully saturated rings. The quantitative estimate of drug-likeness (QED) is 0.321. The number of hydrogen-bond acceptors (Lipinski definition) is 5. The average Bonchev–Trinajstić information content (AvgIpc) is 2.66. The molecule has 1 heterocycles. The van der Waals surface area contributed by atoms with Gasteiger partial charge in [0.2, 0.25) is 6.41 Å². The van der Waals surface area contributed by atoms with Crippen LogP contribution in [-0.2, 0) is 14.3 Å². The first-order valence-corrected chi connectivity index (χ1v) is 5.91. The van der Waals surface area contributed by atoms with Gasteiger partial charge >= 0.3 is 0 Å². The molecule has 1 rings (SSSR count). The van der Waals surface area contributed by atoms with Gasteiger partial charge in [0.25, 0.3) is 5.91 Å². The van der Waals surface area contributed by atoms with Crippen LogP contribution in [0.2, 0.25) is 0 Å². The van der Waals surface area contributed by atoms with E-state index in [-0.39, 0.29) is 16.6 Å². The van der Waals surface area contributed by atoms with Crippen LogP contribution < -0.4 is 5.73 Å². The molecule has 96 valence electrons. The largest absolute Gasteiger partial charge is 0.394 e. The van der Waals surface area contributed by atoms with Gasteiger partial charge in [-0.2, -0.15) is 0 Å². The summed E-state index contributed by atoms with van der Waals surface area (Å²) in [6, 6.07) is 0. The van der Waals surface area contributed by atoms with E-state index >= 15 is 0 Å². The Balaban J connectivity index is 2.73. The summed E-state index contributed by atoms with van der Waals surface area (Å²) in [6.45, 7) is -0.332. The van der Waals surface area contributed by atoms with E-state index in [1.54, 1.807) is 22.6 Å². The van der Waals surface area contributed by atoms with Crippen molar-refractivity contribution in [2.24, 2.45) is 5.73 Å². The molecule has 1 unspecified atom stereocenters. The summed E-state index contributed by atoms with van der Waals surface area (Å²) < 4.78 is 5.42. The Morgan fingerprint density at radius 1 is 1.65 bits per heavy atom. The van der Waals surface area contributed by atoms with E-state index in [4.69, 9.17) is 15.6 Å². The fourth-order valence-corrected chi connectivity index (χ4v) is 1.76. The highest BCUT2D eigenvalue weighted by Crippen LogP contribution is 2.23. The van der Waals surface area contributed by atoms with Crippen molar-refractivity contribution < 1.29 is 24.5 Å². The number of carbonyl (C=O) groups is 2. The first-order valence-electron chi connectivity index (χ1n) is 4.83. The predicted octanol–water partition coefficient (Wildman–Crippen LogP) is -1.33. The van der Waals surface area contributed by atoms with Gasteiger partial charge in [0.05, 0.1) is 16.3 Å². The van der Waals surface area contributed by atoms with E-state index in [2.05, 4.69) is 0 Å². The van der Waals surface area contributed by atoms with Crippen LogP contribution in [0, 0.1) is 0 Å². The Labute approximate surface area is 111 Å².